The SMILES string of the molecule is COc1ccc(Cc2cnc(C(O)c3ccc(Cl)c(Cl)c3)n2S(=O)(=O)N(C)C)cc1OC. The van der Waals surface area contributed by atoms with Crippen LogP contribution in [0, 0.1) is 0 Å². The lowest BCUT2D eigenvalue weighted by Gasteiger charge is -2.20. The van der Waals surface area contributed by atoms with Gasteiger partial charge in [0.25, 0.3) is 0 Å². The Morgan fingerprint density at radius 3 is 2.34 bits per heavy atom. The molecule has 1 heterocycles. The minimum atomic E-state index is -4.00. The average molecular weight is 500 g/mol. The first kappa shape index (κ1) is 24.3. The zero-order chi connectivity index (χ0) is 23.6. The van der Waals surface area contributed by atoms with Crippen LogP contribution >= 0.6 is 23.2 Å². The Kier molecular flexibility index (Phi) is 7.36. The fourth-order valence-electron chi connectivity index (χ4n) is 3.15. The van der Waals surface area contributed by atoms with Gasteiger partial charge in [0.15, 0.2) is 17.3 Å². The minimum absolute atomic E-state index is 0.0624. The van der Waals surface area contributed by atoms with Gasteiger partial charge in [-0.05, 0) is 35.4 Å². The number of aliphatic hydroxyl groups excluding tert-OH is 1. The Hall–Kier alpha value is -2.30. The smallest absolute Gasteiger partial charge is 0.308 e. The third kappa shape index (κ3) is 4.72. The largest absolute Gasteiger partial charge is 0.493 e. The highest BCUT2D eigenvalue weighted by molar-refractivity contribution is 7.87. The fourth-order valence-corrected chi connectivity index (χ4v) is 4.58. The van der Waals surface area contributed by atoms with Crippen molar-refractivity contribution in [2.75, 3.05) is 28.3 Å². The lowest BCUT2D eigenvalue weighted by atomic mass is 10.1. The molecule has 0 fully saturated rings. The Morgan fingerprint density at radius 2 is 1.75 bits per heavy atom. The number of benzene rings is 2. The van der Waals surface area contributed by atoms with Gasteiger partial charge in [-0.1, -0.05) is 35.3 Å². The van der Waals surface area contributed by atoms with Crippen molar-refractivity contribution in [3.63, 3.8) is 0 Å². The summed E-state index contributed by atoms with van der Waals surface area (Å²) in [4.78, 5) is 4.24. The van der Waals surface area contributed by atoms with E-state index in [1.807, 2.05) is 0 Å². The van der Waals surface area contributed by atoms with Crippen molar-refractivity contribution in [1.82, 2.24) is 13.3 Å². The first-order valence-electron chi connectivity index (χ1n) is 9.43. The number of methoxy groups -OCH3 is 2. The minimum Gasteiger partial charge on any atom is -0.493 e. The molecule has 3 rings (SSSR count). The Labute approximate surface area is 197 Å². The number of ether oxygens (including phenoxy) is 2. The maximum Gasteiger partial charge on any atom is 0.308 e. The second kappa shape index (κ2) is 9.68. The lowest BCUT2D eigenvalue weighted by molar-refractivity contribution is 0.208. The number of halogens is 2. The van der Waals surface area contributed by atoms with Crippen LogP contribution in [-0.2, 0) is 16.6 Å². The van der Waals surface area contributed by atoms with Gasteiger partial charge in [-0.25, -0.2) is 8.96 Å². The molecule has 11 heteroatoms. The van der Waals surface area contributed by atoms with E-state index in [9.17, 15) is 13.5 Å². The molecule has 0 saturated carbocycles. The zero-order valence-electron chi connectivity index (χ0n) is 17.9. The van der Waals surface area contributed by atoms with Crippen molar-refractivity contribution in [2.24, 2.45) is 0 Å². The van der Waals surface area contributed by atoms with Gasteiger partial charge < -0.3 is 14.6 Å². The summed E-state index contributed by atoms with van der Waals surface area (Å²) in [5, 5.41) is 11.5. The highest BCUT2D eigenvalue weighted by Gasteiger charge is 2.29. The summed E-state index contributed by atoms with van der Waals surface area (Å²) in [7, 11) is 1.87. The molecule has 0 aliphatic heterocycles. The molecular formula is C21H23Cl2N3O5S. The molecule has 0 spiro atoms. The van der Waals surface area contributed by atoms with Crippen molar-refractivity contribution in [3.05, 3.63) is 75.3 Å². The van der Waals surface area contributed by atoms with Crippen LogP contribution in [0.2, 0.25) is 10.0 Å². The van der Waals surface area contributed by atoms with Gasteiger partial charge in [0.05, 0.1) is 36.2 Å². The van der Waals surface area contributed by atoms with Crippen molar-refractivity contribution < 1.29 is 23.0 Å². The molecule has 3 aromatic rings. The molecule has 0 aliphatic rings. The highest BCUT2D eigenvalue weighted by Crippen LogP contribution is 2.32. The molecule has 1 atom stereocenters. The summed E-state index contributed by atoms with van der Waals surface area (Å²) in [6.07, 6.45) is 0.293. The van der Waals surface area contributed by atoms with E-state index in [4.69, 9.17) is 32.7 Å². The van der Waals surface area contributed by atoms with E-state index in [1.54, 1.807) is 24.3 Å². The third-order valence-electron chi connectivity index (χ3n) is 4.84. The van der Waals surface area contributed by atoms with Crippen LogP contribution in [-0.4, -0.2) is 55.1 Å². The first-order valence-corrected chi connectivity index (χ1v) is 11.6. The van der Waals surface area contributed by atoms with E-state index < -0.39 is 16.3 Å². The molecule has 1 N–H and O–H groups in total. The molecule has 0 radical (unpaired) electrons. The molecule has 8 nitrogen and oxygen atoms in total. The lowest BCUT2D eigenvalue weighted by Crippen LogP contribution is -2.32. The number of aliphatic hydroxyl groups is 1. The molecule has 0 bridgehead atoms. The predicted molar refractivity (Wildman–Crippen MR) is 123 cm³/mol. The molecule has 1 unspecified atom stereocenters. The van der Waals surface area contributed by atoms with Gasteiger partial charge in [0.2, 0.25) is 0 Å². The van der Waals surface area contributed by atoms with Crippen LogP contribution in [0.4, 0.5) is 0 Å². The number of nitrogens with zero attached hydrogens (tertiary/aromatic N) is 3. The van der Waals surface area contributed by atoms with Crippen molar-refractivity contribution in [1.29, 1.82) is 0 Å². The van der Waals surface area contributed by atoms with Crippen LogP contribution in [0.5, 0.6) is 11.5 Å². The number of rotatable bonds is 8. The van der Waals surface area contributed by atoms with Crippen molar-refractivity contribution in [2.45, 2.75) is 12.5 Å². The Morgan fingerprint density at radius 1 is 1.06 bits per heavy atom. The fraction of sp³-hybridized carbons (Fsp3) is 0.286. The summed E-state index contributed by atoms with van der Waals surface area (Å²) in [5.74, 6) is 1.01. The summed E-state index contributed by atoms with van der Waals surface area (Å²) in [5.41, 5.74) is 1.49. The second-order valence-electron chi connectivity index (χ2n) is 7.10. The van der Waals surface area contributed by atoms with Gasteiger partial charge >= 0.3 is 10.2 Å². The standard InChI is InChI=1S/C21H23Cl2N3O5S/c1-25(2)32(28,29)26-15(9-13-5-8-18(30-3)19(10-13)31-4)12-24-21(26)20(27)14-6-7-16(22)17(23)11-14/h5-8,10-12,20,27H,9H2,1-4H3. The third-order valence-corrected chi connectivity index (χ3v) is 7.39. The summed E-state index contributed by atoms with van der Waals surface area (Å²) < 4.78 is 39.0. The van der Waals surface area contributed by atoms with Gasteiger partial charge in [-0.3, -0.25) is 0 Å². The first-order chi connectivity index (χ1) is 15.1. The van der Waals surface area contributed by atoms with E-state index >= 15 is 0 Å². The van der Waals surface area contributed by atoms with E-state index in [-0.39, 0.29) is 17.3 Å². The van der Waals surface area contributed by atoms with Gasteiger partial charge in [0.1, 0.15) is 6.10 Å². The van der Waals surface area contributed by atoms with Crippen LogP contribution in [0.1, 0.15) is 28.7 Å². The van der Waals surface area contributed by atoms with Gasteiger partial charge in [0, 0.05) is 20.5 Å². The summed E-state index contributed by atoms with van der Waals surface area (Å²) in [6, 6.07) is 9.86. The molecule has 0 saturated heterocycles. The predicted octanol–water partition coefficient (Wildman–Crippen LogP) is 3.53. The normalized spacial score (nSPS) is 12.8. The number of hydrogen-bond donors (Lipinski definition) is 1. The zero-order valence-corrected chi connectivity index (χ0v) is 20.2. The molecule has 0 amide bonds. The van der Waals surface area contributed by atoms with Crippen LogP contribution in [0.3, 0.4) is 0 Å². The van der Waals surface area contributed by atoms with Crippen molar-refractivity contribution in [3.8, 4) is 11.5 Å². The van der Waals surface area contributed by atoms with E-state index in [0.717, 1.165) is 13.8 Å². The van der Waals surface area contributed by atoms with Crippen LogP contribution < -0.4 is 9.47 Å². The van der Waals surface area contributed by atoms with Crippen molar-refractivity contribution >= 4 is 33.4 Å². The van der Waals surface area contributed by atoms with E-state index in [1.165, 1.54) is 46.6 Å². The van der Waals surface area contributed by atoms with Gasteiger partial charge in [-0.2, -0.15) is 12.7 Å². The molecule has 0 aliphatic carbocycles. The molecular weight excluding hydrogens is 477 g/mol. The molecule has 1 aromatic heterocycles. The Balaban J connectivity index is 2.10. The number of hydrogen-bond acceptors (Lipinski definition) is 6. The number of aromatic nitrogens is 2. The van der Waals surface area contributed by atoms with E-state index in [0.29, 0.717) is 27.8 Å². The number of imidazole rings is 1. The highest BCUT2D eigenvalue weighted by atomic mass is 35.5. The Bertz CT molecular complexity index is 1230. The maximum absolute atomic E-state index is 13.2. The van der Waals surface area contributed by atoms with E-state index in [2.05, 4.69) is 4.98 Å². The quantitative estimate of drug-likeness (QED) is 0.509. The topological polar surface area (TPSA) is 93.9 Å². The monoisotopic (exact) mass is 499 g/mol. The summed E-state index contributed by atoms with van der Waals surface area (Å²) in [6.45, 7) is 0. The van der Waals surface area contributed by atoms with Gasteiger partial charge in [-0.15, -0.1) is 0 Å². The average Bonchev–Trinajstić information content (AvgIpc) is 3.19. The molecule has 32 heavy (non-hydrogen) atoms. The maximum atomic E-state index is 13.2. The van der Waals surface area contributed by atoms with Crippen LogP contribution in [0.15, 0.2) is 42.6 Å². The van der Waals surface area contributed by atoms with Crippen LogP contribution in [0.25, 0.3) is 0 Å². The molecule has 172 valence electrons. The summed E-state index contributed by atoms with van der Waals surface area (Å²) >= 11 is 12.0. The molecule has 2 aromatic carbocycles. The second-order valence-corrected chi connectivity index (χ2v) is 9.91.